The summed E-state index contributed by atoms with van der Waals surface area (Å²) >= 11 is 0. The lowest BCUT2D eigenvalue weighted by Crippen LogP contribution is -2.38. The number of hydrogen-bond donors (Lipinski definition) is 1. The number of anilines is 1. The van der Waals surface area contributed by atoms with E-state index in [-0.39, 0.29) is 17.6 Å². The summed E-state index contributed by atoms with van der Waals surface area (Å²) in [5, 5.41) is 7.94. The van der Waals surface area contributed by atoms with Gasteiger partial charge < -0.3 is 10.1 Å². The number of likely N-dealkylation sites (tertiary alicyclic amines) is 1. The Hall–Kier alpha value is -3.19. The first-order chi connectivity index (χ1) is 16.1. The number of methoxy groups -OCH3 is 1. The van der Waals surface area contributed by atoms with Crippen LogP contribution in [0.15, 0.2) is 48.5 Å². The molecule has 0 radical (unpaired) electrons. The standard InChI is InChI=1S/C26H29FN4O2/c1-33-25-8-3-2-6-22(25)28-26(32)18-13-15-30(16-14-18)17-23-21-5-4-7-24(21)31(29-23)20-11-9-19(27)10-12-20/h2-3,6,8-12,18H,4-5,7,13-17H2,1H3,(H,28,32). The minimum Gasteiger partial charge on any atom is -0.495 e. The fourth-order valence-electron chi connectivity index (χ4n) is 4.98. The molecule has 0 spiro atoms. The Morgan fingerprint density at radius 1 is 1.12 bits per heavy atom. The van der Waals surface area contributed by atoms with E-state index in [9.17, 15) is 9.18 Å². The highest BCUT2D eigenvalue weighted by atomic mass is 19.1. The Morgan fingerprint density at radius 2 is 1.88 bits per heavy atom. The summed E-state index contributed by atoms with van der Waals surface area (Å²) in [5.41, 5.74) is 5.34. The van der Waals surface area contributed by atoms with E-state index in [2.05, 4.69) is 10.2 Å². The van der Waals surface area contributed by atoms with Crippen molar-refractivity contribution in [3.63, 3.8) is 0 Å². The van der Waals surface area contributed by atoms with E-state index < -0.39 is 0 Å². The zero-order valence-corrected chi connectivity index (χ0v) is 18.9. The van der Waals surface area contributed by atoms with Crippen molar-refractivity contribution in [2.75, 3.05) is 25.5 Å². The average Bonchev–Trinajstić information content (AvgIpc) is 3.44. The molecular weight excluding hydrogens is 419 g/mol. The van der Waals surface area contributed by atoms with Gasteiger partial charge in [0, 0.05) is 18.2 Å². The van der Waals surface area contributed by atoms with Gasteiger partial charge in [0.2, 0.25) is 5.91 Å². The number of hydrogen-bond acceptors (Lipinski definition) is 4. The summed E-state index contributed by atoms with van der Waals surface area (Å²) in [6.07, 6.45) is 4.82. The fraction of sp³-hybridized carbons (Fsp3) is 0.385. The molecule has 1 fully saturated rings. The Balaban J connectivity index is 1.22. The van der Waals surface area contributed by atoms with Gasteiger partial charge in [-0.25, -0.2) is 9.07 Å². The van der Waals surface area contributed by atoms with Crippen LogP contribution in [-0.4, -0.2) is 40.8 Å². The zero-order valence-electron chi connectivity index (χ0n) is 18.9. The van der Waals surface area contributed by atoms with Gasteiger partial charge in [0.25, 0.3) is 0 Å². The summed E-state index contributed by atoms with van der Waals surface area (Å²) in [7, 11) is 1.61. The molecule has 0 atom stereocenters. The number of carbonyl (C=O) groups is 1. The van der Waals surface area contributed by atoms with Crippen LogP contribution >= 0.6 is 0 Å². The van der Waals surface area contributed by atoms with Crippen molar-refractivity contribution in [1.29, 1.82) is 0 Å². The van der Waals surface area contributed by atoms with E-state index in [0.29, 0.717) is 11.4 Å². The third-order valence-electron chi connectivity index (χ3n) is 6.78. The lowest BCUT2D eigenvalue weighted by atomic mass is 9.95. The first-order valence-corrected chi connectivity index (χ1v) is 11.6. The van der Waals surface area contributed by atoms with E-state index in [1.165, 1.54) is 23.4 Å². The van der Waals surface area contributed by atoms with Gasteiger partial charge >= 0.3 is 0 Å². The van der Waals surface area contributed by atoms with Gasteiger partial charge in [-0.3, -0.25) is 9.69 Å². The van der Waals surface area contributed by atoms with Crippen LogP contribution < -0.4 is 10.1 Å². The van der Waals surface area contributed by atoms with E-state index in [1.807, 2.05) is 28.9 Å². The van der Waals surface area contributed by atoms with Crippen molar-refractivity contribution in [1.82, 2.24) is 14.7 Å². The molecule has 1 aliphatic heterocycles. The van der Waals surface area contributed by atoms with Gasteiger partial charge in [-0.2, -0.15) is 5.10 Å². The van der Waals surface area contributed by atoms with E-state index >= 15 is 0 Å². The van der Waals surface area contributed by atoms with Gasteiger partial charge in [-0.05, 0) is 87.2 Å². The molecule has 172 valence electrons. The molecule has 1 aromatic heterocycles. The van der Waals surface area contributed by atoms with Crippen molar-refractivity contribution >= 4 is 11.6 Å². The third kappa shape index (κ3) is 4.50. The molecule has 1 saturated heterocycles. The summed E-state index contributed by atoms with van der Waals surface area (Å²) < 4.78 is 20.7. The number of aromatic nitrogens is 2. The zero-order chi connectivity index (χ0) is 22.8. The third-order valence-corrected chi connectivity index (χ3v) is 6.78. The second kappa shape index (κ2) is 9.35. The second-order valence-electron chi connectivity index (χ2n) is 8.85. The second-order valence-corrected chi connectivity index (χ2v) is 8.85. The molecule has 2 aliphatic rings. The Kier molecular flexibility index (Phi) is 6.13. The largest absolute Gasteiger partial charge is 0.495 e. The highest BCUT2D eigenvalue weighted by molar-refractivity contribution is 5.94. The molecule has 0 bridgehead atoms. The molecule has 0 saturated carbocycles. The molecule has 0 unspecified atom stereocenters. The smallest absolute Gasteiger partial charge is 0.227 e. The lowest BCUT2D eigenvalue weighted by molar-refractivity contribution is -0.121. The van der Waals surface area contributed by atoms with Gasteiger partial charge in [-0.1, -0.05) is 12.1 Å². The van der Waals surface area contributed by atoms with Crippen LogP contribution in [0.25, 0.3) is 5.69 Å². The average molecular weight is 449 g/mol. The number of fused-ring (bicyclic) bond motifs is 1. The van der Waals surface area contributed by atoms with Crippen LogP contribution in [-0.2, 0) is 24.2 Å². The number of piperidine rings is 1. The Bertz CT molecular complexity index is 1130. The maximum absolute atomic E-state index is 13.4. The number of rotatable bonds is 6. The molecular formula is C26H29FN4O2. The molecule has 1 aliphatic carbocycles. The van der Waals surface area contributed by atoms with Crippen LogP contribution in [0.2, 0.25) is 0 Å². The molecule has 1 N–H and O–H groups in total. The minimum absolute atomic E-state index is 0.00588. The molecule has 1 amide bonds. The van der Waals surface area contributed by atoms with Crippen LogP contribution in [0.1, 0.15) is 36.2 Å². The van der Waals surface area contributed by atoms with Crippen molar-refractivity contribution in [3.05, 3.63) is 71.3 Å². The lowest BCUT2D eigenvalue weighted by Gasteiger charge is -2.31. The van der Waals surface area contributed by atoms with Gasteiger partial charge in [0.1, 0.15) is 11.6 Å². The number of nitrogens with one attached hydrogen (secondary N) is 1. The van der Waals surface area contributed by atoms with Crippen LogP contribution in [0.4, 0.5) is 10.1 Å². The first-order valence-electron chi connectivity index (χ1n) is 11.6. The fourth-order valence-corrected chi connectivity index (χ4v) is 4.98. The SMILES string of the molecule is COc1ccccc1NC(=O)C1CCN(Cc2nn(-c3ccc(F)cc3)c3c2CCC3)CC1. The molecule has 5 rings (SSSR count). The van der Waals surface area contributed by atoms with Gasteiger partial charge in [-0.15, -0.1) is 0 Å². The van der Waals surface area contributed by atoms with Crippen LogP contribution in [0.3, 0.4) is 0 Å². The van der Waals surface area contributed by atoms with E-state index in [4.69, 9.17) is 9.84 Å². The van der Waals surface area contributed by atoms with Crippen molar-refractivity contribution < 1.29 is 13.9 Å². The predicted molar refractivity (Wildman–Crippen MR) is 125 cm³/mol. The van der Waals surface area contributed by atoms with Crippen LogP contribution in [0.5, 0.6) is 5.75 Å². The molecule has 6 nitrogen and oxygen atoms in total. The Morgan fingerprint density at radius 3 is 2.64 bits per heavy atom. The minimum atomic E-state index is -0.236. The van der Waals surface area contributed by atoms with E-state index in [0.717, 1.165) is 63.1 Å². The van der Waals surface area contributed by atoms with Gasteiger partial charge in [0.15, 0.2) is 0 Å². The molecule has 3 aromatic rings. The predicted octanol–water partition coefficient (Wildman–Crippen LogP) is 4.36. The number of benzene rings is 2. The van der Waals surface area contributed by atoms with Crippen LogP contribution in [0, 0.1) is 11.7 Å². The summed E-state index contributed by atoms with van der Waals surface area (Å²) in [4.78, 5) is 15.2. The maximum Gasteiger partial charge on any atom is 0.227 e. The molecule has 7 heteroatoms. The number of amides is 1. The monoisotopic (exact) mass is 448 g/mol. The quantitative estimate of drug-likeness (QED) is 0.609. The van der Waals surface area contributed by atoms with E-state index in [1.54, 1.807) is 19.2 Å². The highest BCUT2D eigenvalue weighted by Gasteiger charge is 2.28. The summed E-state index contributed by atoms with van der Waals surface area (Å²) in [6.45, 7) is 2.52. The van der Waals surface area contributed by atoms with Crippen molar-refractivity contribution in [2.45, 2.75) is 38.6 Å². The Labute approximate surface area is 193 Å². The molecule has 2 aromatic carbocycles. The summed E-state index contributed by atoms with van der Waals surface area (Å²) in [6, 6.07) is 14.0. The molecule has 2 heterocycles. The highest BCUT2D eigenvalue weighted by Crippen LogP contribution is 2.30. The number of halogens is 1. The molecule has 33 heavy (non-hydrogen) atoms. The first kappa shape index (κ1) is 21.6. The number of carbonyl (C=O) groups excluding carboxylic acids is 1. The topological polar surface area (TPSA) is 59.4 Å². The van der Waals surface area contributed by atoms with Crippen molar-refractivity contribution in [2.24, 2.45) is 5.92 Å². The van der Waals surface area contributed by atoms with Gasteiger partial charge in [0.05, 0.1) is 24.2 Å². The number of nitrogens with zero attached hydrogens (tertiary/aromatic N) is 3. The number of para-hydroxylation sites is 2. The maximum atomic E-state index is 13.4. The van der Waals surface area contributed by atoms with Crippen molar-refractivity contribution in [3.8, 4) is 11.4 Å². The normalized spacial score (nSPS) is 16.5. The summed E-state index contributed by atoms with van der Waals surface area (Å²) in [5.74, 6) is 0.489. The number of ether oxygens (including phenoxy) is 1.